The van der Waals surface area contributed by atoms with Crippen molar-refractivity contribution in [2.24, 2.45) is 0 Å². The molecular weight excluding hydrogens is 486 g/mol. The minimum Gasteiger partial charge on any atom is -0.357 e. The highest BCUT2D eigenvalue weighted by Crippen LogP contribution is 2.30. The van der Waals surface area contributed by atoms with Crippen LogP contribution >= 0.6 is 11.6 Å². The fourth-order valence-electron chi connectivity index (χ4n) is 3.75. The molecule has 1 unspecified atom stereocenters. The second-order valence-electron chi connectivity index (χ2n) is 7.82. The normalized spacial score (nSPS) is 12.0. The Morgan fingerprint density at radius 2 is 1.49 bits per heavy atom. The molecule has 7 nitrogen and oxygen atoms in total. The van der Waals surface area contributed by atoms with E-state index in [1.54, 1.807) is 49.4 Å². The predicted molar refractivity (Wildman–Crippen MR) is 138 cm³/mol. The van der Waals surface area contributed by atoms with Gasteiger partial charge in [0.05, 0.1) is 15.6 Å². The third kappa shape index (κ3) is 6.21. The summed E-state index contributed by atoms with van der Waals surface area (Å²) in [5.41, 5.74) is 0.998. The number of carbonyl (C=O) groups is 2. The van der Waals surface area contributed by atoms with E-state index >= 15 is 0 Å². The molecule has 0 spiro atoms. The van der Waals surface area contributed by atoms with Crippen molar-refractivity contribution in [2.75, 3.05) is 17.9 Å². The van der Waals surface area contributed by atoms with Crippen molar-refractivity contribution < 1.29 is 18.0 Å². The number of nitrogens with zero attached hydrogens (tertiary/aromatic N) is 2. The molecule has 0 saturated carbocycles. The lowest BCUT2D eigenvalue weighted by Crippen LogP contribution is -2.51. The number of rotatable bonds is 10. The Morgan fingerprint density at radius 1 is 0.914 bits per heavy atom. The van der Waals surface area contributed by atoms with Gasteiger partial charge in [-0.15, -0.1) is 0 Å². The molecule has 3 aromatic rings. The van der Waals surface area contributed by atoms with E-state index in [1.165, 1.54) is 24.1 Å². The predicted octanol–water partition coefficient (Wildman–Crippen LogP) is 4.09. The van der Waals surface area contributed by atoms with Gasteiger partial charge in [0.1, 0.15) is 12.6 Å². The van der Waals surface area contributed by atoms with E-state index in [0.717, 1.165) is 9.87 Å². The van der Waals surface area contributed by atoms with E-state index < -0.39 is 28.5 Å². The van der Waals surface area contributed by atoms with Crippen LogP contribution in [0.2, 0.25) is 5.02 Å². The summed E-state index contributed by atoms with van der Waals surface area (Å²) in [4.78, 5) is 27.8. The molecule has 1 atom stereocenters. The molecule has 0 aromatic heterocycles. The van der Waals surface area contributed by atoms with Gasteiger partial charge in [-0.2, -0.15) is 0 Å². The highest BCUT2D eigenvalue weighted by Gasteiger charge is 2.33. The van der Waals surface area contributed by atoms with Crippen LogP contribution in [0.4, 0.5) is 5.69 Å². The Balaban J connectivity index is 2.05. The Bertz CT molecular complexity index is 1250. The van der Waals surface area contributed by atoms with Crippen molar-refractivity contribution >= 4 is 39.1 Å². The zero-order valence-electron chi connectivity index (χ0n) is 19.6. The maximum Gasteiger partial charge on any atom is 0.264 e. The standard InChI is InChI=1S/C26H28ClN3O4S/c1-3-23(26(32)28-2)29(18-20-12-6-4-7-13-20)25(31)19-30(24-17-11-10-16-22(24)27)35(33,34)21-14-8-5-9-15-21/h4-17,23H,3,18-19H2,1-2H3,(H,28,32). The number of anilines is 1. The minimum absolute atomic E-state index is 0.0284. The Kier molecular flexibility index (Phi) is 8.89. The van der Waals surface area contributed by atoms with E-state index in [-0.39, 0.29) is 28.1 Å². The molecule has 0 saturated heterocycles. The smallest absolute Gasteiger partial charge is 0.264 e. The van der Waals surface area contributed by atoms with Gasteiger partial charge in [-0.3, -0.25) is 13.9 Å². The van der Waals surface area contributed by atoms with Crippen LogP contribution < -0.4 is 9.62 Å². The van der Waals surface area contributed by atoms with Crippen LogP contribution in [-0.2, 0) is 26.2 Å². The molecule has 0 bridgehead atoms. The molecule has 35 heavy (non-hydrogen) atoms. The van der Waals surface area contributed by atoms with Gasteiger partial charge in [0.2, 0.25) is 11.8 Å². The SMILES string of the molecule is CCC(C(=O)NC)N(Cc1ccccc1)C(=O)CN(c1ccccc1Cl)S(=O)(=O)c1ccccc1. The summed E-state index contributed by atoms with van der Waals surface area (Å²) in [6.07, 6.45) is 0.357. The molecule has 3 aromatic carbocycles. The van der Waals surface area contributed by atoms with Crippen LogP contribution in [0.25, 0.3) is 0 Å². The molecule has 1 N–H and O–H groups in total. The molecule has 0 aliphatic carbocycles. The summed E-state index contributed by atoms with van der Waals surface area (Å²) in [6, 6.07) is 22.8. The molecular formula is C26H28ClN3O4S. The maximum atomic E-state index is 13.7. The lowest BCUT2D eigenvalue weighted by Gasteiger charge is -2.33. The molecule has 0 aliphatic heterocycles. The Labute approximate surface area is 211 Å². The second-order valence-corrected chi connectivity index (χ2v) is 10.1. The van der Waals surface area contributed by atoms with Crippen molar-refractivity contribution in [1.82, 2.24) is 10.2 Å². The van der Waals surface area contributed by atoms with Gasteiger partial charge >= 0.3 is 0 Å². The number of amides is 2. The van der Waals surface area contributed by atoms with Crippen molar-refractivity contribution in [3.05, 3.63) is 95.5 Å². The summed E-state index contributed by atoms with van der Waals surface area (Å²) in [7, 11) is -2.63. The van der Waals surface area contributed by atoms with Crippen LogP contribution in [0, 0.1) is 0 Å². The summed E-state index contributed by atoms with van der Waals surface area (Å²) in [6.45, 7) is 1.42. The summed E-state index contributed by atoms with van der Waals surface area (Å²) < 4.78 is 28.3. The van der Waals surface area contributed by atoms with Crippen molar-refractivity contribution in [3.63, 3.8) is 0 Å². The first kappa shape index (κ1) is 26.2. The first-order chi connectivity index (χ1) is 16.8. The third-order valence-electron chi connectivity index (χ3n) is 5.56. The van der Waals surface area contributed by atoms with Gasteiger partial charge in [0.15, 0.2) is 0 Å². The third-order valence-corrected chi connectivity index (χ3v) is 7.65. The monoisotopic (exact) mass is 513 g/mol. The average Bonchev–Trinajstić information content (AvgIpc) is 2.88. The fourth-order valence-corrected chi connectivity index (χ4v) is 5.50. The van der Waals surface area contributed by atoms with E-state index in [2.05, 4.69) is 5.32 Å². The molecule has 0 aliphatic rings. The molecule has 0 heterocycles. The number of sulfonamides is 1. The Morgan fingerprint density at radius 3 is 2.06 bits per heavy atom. The second kappa shape index (κ2) is 11.9. The van der Waals surface area contributed by atoms with E-state index in [0.29, 0.717) is 6.42 Å². The van der Waals surface area contributed by atoms with Crippen LogP contribution in [-0.4, -0.2) is 44.8 Å². The topological polar surface area (TPSA) is 86.8 Å². The van der Waals surface area contributed by atoms with Gasteiger partial charge < -0.3 is 10.2 Å². The molecule has 0 radical (unpaired) electrons. The largest absolute Gasteiger partial charge is 0.357 e. The van der Waals surface area contributed by atoms with Gasteiger partial charge in [0, 0.05) is 13.6 Å². The first-order valence-corrected chi connectivity index (χ1v) is 13.0. The molecule has 3 rings (SSSR count). The zero-order valence-corrected chi connectivity index (χ0v) is 21.2. The van der Waals surface area contributed by atoms with Gasteiger partial charge in [0.25, 0.3) is 10.0 Å². The Hall–Kier alpha value is -3.36. The van der Waals surface area contributed by atoms with Crippen LogP contribution in [0.1, 0.15) is 18.9 Å². The number of carbonyl (C=O) groups excluding carboxylic acids is 2. The number of benzene rings is 3. The minimum atomic E-state index is -4.14. The van der Waals surface area contributed by atoms with Crippen molar-refractivity contribution in [1.29, 1.82) is 0 Å². The zero-order chi connectivity index (χ0) is 25.4. The molecule has 0 fully saturated rings. The highest BCUT2D eigenvalue weighted by molar-refractivity contribution is 7.92. The number of nitrogens with one attached hydrogen (secondary N) is 1. The lowest BCUT2D eigenvalue weighted by molar-refractivity contribution is -0.140. The van der Waals surface area contributed by atoms with E-state index in [4.69, 9.17) is 11.6 Å². The van der Waals surface area contributed by atoms with Gasteiger partial charge in [-0.05, 0) is 36.2 Å². The molecule has 184 valence electrons. The number of hydrogen-bond acceptors (Lipinski definition) is 4. The quantitative estimate of drug-likeness (QED) is 0.442. The van der Waals surface area contributed by atoms with Crippen LogP contribution in [0.5, 0.6) is 0 Å². The molecule has 2 amide bonds. The van der Waals surface area contributed by atoms with Gasteiger partial charge in [-0.25, -0.2) is 8.42 Å². The molecule has 9 heteroatoms. The van der Waals surface area contributed by atoms with Crippen LogP contribution in [0.15, 0.2) is 89.8 Å². The van der Waals surface area contributed by atoms with Gasteiger partial charge in [-0.1, -0.05) is 79.2 Å². The summed E-state index contributed by atoms with van der Waals surface area (Å²) in [5, 5.41) is 2.79. The maximum absolute atomic E-state index is 13.7. The number of hydrogen-bond donors (Lipinski definition) is 1. The van der Waals surface area contributed by atoms with E-state index in [9.17, 15) is 18.0 Å². The van der Waals surface area contributed by atoms with Crippen LogP contribution in [0.3, 0.4) is 0 Å². The summed E-state index contributed by atoms with van der Waals surface area (Å²) >= 11 is 6.37. The first-order valence-electron chi connectivity index (χ1n) is 11.2. The average molecular weight is 514 g/mol. The number of halogens is 1. The summed E-state index contributed by atoms with van der Waals surface area (Å²) in [5.74, 6) is -0.851. The fraction of sp³-hybridized carbons (Fsp3) is 0.231. The number of likely N-dealkylation sites (N-methyl/N-ethyl adjacent to an activating group) is 1. The highest BCUT2D eigenvalue weighted by atomic mass is 35.5. The van der Waals surface area contributed by atoms with E-state index in [1.807, 2.05) is 30.3 Å². The number of para-hydroxylation sites is 1. The lowest BCUT2D eigenvalue weighted by atomic mass is 10.1. The van der Waals surface area contributed by atoms with Crippen molar-refractivity contribution in [3.8, 4) is 0 Å². The van der Waals surface area contributed by atoms with Crippen molar-refractivity contribution in [2.45, 2.75) is 30.8 Å².